The molecule has 0 aliphatic carbocycles. The first-order chi connectivity index (χ1) is 14.0. The van der Waals surface area contributed by atoms with Crippen molar-refractivity contribution in [2.24, 2.45) is 0 Å². The highest BCUT2D eigenvalue weighted by molar-refractivity contribution is 6.34. The van der Waals surface area contributed by atoms with Crippen molar-refractivity contribution in [1.82, 2.24) is 9.38 Å². The molecule has 0 saturated heterocycles. The molecule has 0 bridgehead atoms. The van der Waals surface area contributed by atoms with E-state index in [1.807, 2.05) is 35.6 Å². The molecule has 2 heterocycles. The maximum atomic E-state index is 14.0. The molecule has 1 amide bonds. The lowest BCUT2D eigenvalue weighted by atomic mass is 10.1. The zero-order valence-corrected chi connectivity index (χ0v) is 16.5. The Balaban J connectivity index is 1.67. The van der Waals surface area contributed by atoms with E-state index in [0.29, 0.717) is 5.69 Å². The van der Waals surface area contributed by atoms with Crippen LogP contribution in [0.1, 0.15) is 16.1 Å². The van der Waals surface area contributed by atoms with E-state index >= 15 is 0 Å². The summed E-state index contributed by atoms with van der Waals surface area (Å²) in [5.41, 5.74) is 3.74. The van der Waals surface area contributed by atoms with Crippen LogP contribution in [0.15, 0.2) is 60.8 Å². The van der Waals surface area contributed by atoms with Gasteiger partial charge in [-0.1, -0.05) is 17.7 Å². The Morgan fingerprint density at radius 2 is 1.90 bits per heavy atom. The largest absolute Gasteiger partial charge is 0.497 e. The molecule has 1 N–H and O–H groups in total. The van der Waals surface area contributed by atoms with Crippen LogP contribution in [0.2, 0.25) is 5.02 Å². The van der Waals surface area contributed by atoms with Crippen LogP contribution in [0.4, 0.5) is 10.1 Å². The molecule has 4 rings (SSSR count). The number of nitrogens with one attached hydrogen (secondary N) is 1. The highest BCUT2D eigenvalue weighted by Gasteiger charge is 2.17. The number of benzene rings is 2. The fourth-order valence-electron chi connectivity index (χ4n) is 3.17. The fourth-order valence-corrected chi connectivity index (χ4v) is 3.42. The van der Waals surface area contributed by atoms with Crippen molar-refractivity contribution in [1.29, 1.82) is 0 Å². The Morgan fingerprint density at radius 3 is 2.59 bits per heavy atom. The van der Waals surface area contributed by atoms with Crippen LogP contribution in [0, 0.1) is 12.7 Å². The van der Waals surface area contributed by atoms with Crippen molar-refractivity contribution >= 4 is 28.8 Å². The zero-order chi connectivity index (χ0) is 20.5. The van der Waals surface area contributed by atoms with E-state index in [4.69, 9.17) is 16.3 Å². The number of hydrogen-bond acceptors (Lipinski definition) is 3. The van der Waals surface area contributed by atoms with Gasteiger partial charge in [-0.05, 0) is 55.5 Å². The van der Waals surface area contributed by atoms with Crippen molar-refractivity contribution < 1.29 is 13.9 Å². The van der Waals surface area contributed by atoms with Gasteiger partial charge in [0.2, 0.25) is 0 Å². The second-order valence-electron chi connectivity index (χ2n) is 6.47. The standard InChI is InChI=1S/C22H17ClFN3O2/c1-13-21(14-6-9-16(29-2)10-7-14)26-19-11-8-15(12-27(13)19)25-22(28)20-17(23)4-3-5-18(20)24/h3-12H,1-2H3,(H,25,28). The summed E-state index contributed by atoms with van der Waals surface area (Å²) < 4.78 is 21.1. The summed E-state index contributed by atoms with van der Waals surface area (Å²) in [5, 5.41) is 2.75. The molecule has 0 fully saturated rings. The van der Waals surface area contributed by atoms with Crippen LogP contribution in [0.3, 0.4) is 0 Å². The summed E-state index contributed by atoms with van der Waals surface area (Å²) in [6.45, 7) is 1.94. The molecule has 0 radical (unpaired) electrons. The number of halogens is 2. The number of ether oxygens (including phenoxy) is 1. The molecular formula is C22H17ClFN3O2. The number of carbonyl (C=O) groups is 1. The number of aromatic nitrogens is 2. The van der Waals surface area contributed by atoms with Gasteiger partial charge < -0.3 is 14.5 Å². The summed E-state index contributed by atoms with van der Waals surface area (Å²) in [6, 6.07) is 15.3. The quantitative estimate of drug-likeness (QED) is 0.493. The third-order valence-corrected chi connectivity index (χ3v) is 4.98. The first kappa shape index (κ1) is 19.0. The van der Waals surface area contributed by atoms with Crippen molar-refractivity contribution in [3.8, 4) is 17.0 Å². The van der Waals surface area contributed by atoms with E-state index in [2.05, 4.69) is 10.3 Å². The zero-order valence-electron chi connectivity index (χ0n) is 15.7. The minimum Gasteiger partial charge on any atom is -0.497 e. The number of nitrogens with zero attached hydrogens (tertiary/aromatic N) is 2. The molecule has 0 unspecified atom stereocenters. The number of carbonyl (C=O) groups excluding carboxylic acids is 1. The maximum Gasteiger partial charge on any atom is 0.260 e. The second kappa shape index (κ2) is 7.56. The lowest BCUT2D eigenvalue weighted by molar-refractivity contribution is 0.102. The number of anilines is 1. The van der Waals surface area contributed by atoms with Gasteiger partial charge in [0.25, 0.3) is 5.91 Å². The molecule has 2 aromatic heterocycles. The van der Waals surface area contributed by atoms with Gasteiger partial charge in [-0.3, -0.25) is 4.79 Å². The minimum atomic E-state index is -0.670. The van der Waals surface area contributed by atoms with Gasteiger partial charge in [0, 0.05) is 17.5 Å². The van der Waals surface area contributed by atoms with E-state index in [9.17, 15) is 9.18 Å². The SMILES string of the molecule is COc1ccc(-c2nc3ccc(NC(=O)c4c(F)cccc4Cl)cn3c2C)cc1. The molecular weight excluding hydrogens is 393 g/mol. The van der Waals surface area contributed by atoms with Crippen molar-refractivity contribution in [3.05, 3.63) is 82.9 Å². The van der Waals surface area contributed by atoms with Crippen molar-refractivity contribution in [2.75, 3.05) is 12.4 Å². The van der Waals surface area contributed by atoms with Crippen molar-refractivity contribution in [3.63, 3.8) is 0 Å². The molecule has 7 heteroatoms. The number of aryl methyl sites for hydroxylation is 1. The molecule has 0 spiro atoms. The summed E-state index contributed by atoms with van der Waals surface area (Å²) in [5.74, 6) is -0.510. The number of imidazole rings is 1. The number of amides is 1. The Hall–Kier alpha value is -3.38. The van der Waals surface area contributed by atoms with Gasteiger partial charge in [-0.25, -0.2) is 9.37 Å². The first-order valence-electron chi connectivity index (χ1n) is 8.86. The predicted octanol–water partition coefficient (Wildman–Crippen LogP) is 5.36. The van der Waals surface area contributed by atoms with E-state index in [0.717, 1.165) is 28.3 Å². The Bertz CT molecular complexity index is 1200. The van der Waals surface area contributed by atoms with Crippen LogP contribution >= 0.6 is 11.6 Å². The molecule has 0 aliphatic heterocycles. The Labute approximate surface area is 171 Å². The normalized spacial score (nSPS) is 10.9. The van der Waals surface area contributed by atoms with E-state index in [-0.39, 0.29) is 10.6 Å². The van der Waals surface area contributed by atoms with Gasteiger partial charge in [0.1, 0.15) is 17.2 Å². The number of pyridine rings is 1. The Kier molecular flexibility index (Phi) is 4.94. The van der Waals surface area contributed by atoms with Gasteiger partial charge in [0.05, 0.1) is 29.1 Å². The lowest BCUT2D eigenvalue weighted by Crippen LogP contribution is -2.14. The van der Waals surface area contributed by atoms with Crippen LogP contribution in [0.25, 0.3) is 16.9 Å². The van der Waals surface area contributed by atoms with Crippen molar-refractivity contribution in [2.45, 2.75) is 6.92 Å². The summed E-state index contributed by atoms with van der Waals surface area (Å²) >= 11 is 5.98. The predicted molar refractivity (Wildman–Crippen MR) is 111 cm³/mol. The van der Waals surface area contributed by atoms with Crippen LogP contribution in [-0.4, -0.2) is 22.4 Å². The summed E-state index contributed by atoms with van der Waals surface area (Å²) in [6.07, 6.45) is 1.75. The monoisotopic (exact) mass is 409 g/mol. The smallest absolute Gasteiger partial charge is 0.260 e. The molecule has 0 atom stereocenters. The maximum absolute atomic E-state index is 14.0. The minimum absolute atomic E-state index is 0.0594. The van der Waals surface area contributed by atoms with Gasteiger partial charge >= 0.3 is 0 Å². The van der Waals surface area contributed by atoms with Crippen LogP contribution in [-0.2, 0) is 0 Å². The third kappa shape index (κ3) is 3.54. The Morgan fingerprint density at radius 1 is 1.14 bits per heavy atom. The van der Waals surface area contributed by atoms with E-state index < -0.39 is 11.7 Å². The van der Waals surface area contributed by atoms with Gasteiger partial charge in [0.15, 0.2) is 0 Å². The molecule has 146 valence electrons. The summed E-state index contributed by atoms with van der Waals surface area (Å²) in [4.78, 5) is 17.2. The van der Waals surface area contributed by atoms with E-state index in [1.54, 1.807) is 25.4 Å². The van der Waals surface area contributed by atoms with Crippen LogP contribution < -0.4 is 10.1 Å². The summed E-state index contributed by atoms with van der Waals surface area (Å²) in [7, 11) is 1.62. The number of rotatable bonds is 4. The first-order valence-corrected chi connectivity index (χ1v) is 9.24. The topological polar surface area (TPSA) is 55.6 Å². The number of hydrogen-bond donors (Lipinski definition) is 1. The third-order valence-electron chi connectivity index (χ3n) is 4.67. The fraction of sp³-hybridized carbons (Fsp3) is 0.0909. The molecule has 5 nitrogen and oxygen atoms in total. The number of methoxy groups -OCH3 is 1. The van der Waals surface area contributed by atoms with Gasteiger partial charge in [-0.2, -0.15) is 0 Å². The second-order valence-corrected chi connectivity index (χ2v) is 6.88. The highest BCUT2D eigenvalue weighted by atomic mass is 35.5. The van der Waals surface area contributed by atoms with Crippen LogP contribution in [0.5, 0.6) is 5.75 Å². The highest BCUT2D eigenvalue weighted by Crippen LogP contribution is 2.27. The van der Waals surface area contributed by atoms with E-state index in [1.165, 1.54) is 18.2 Å². The number of fused-ring (bicyclic) bond motifs is 1. The van der Waals surface area contributed by atoms with Gasteiger partial charge in [-0.15, -0.1) is 0 Å². The average molecular weight is 410 g/mol. The molecule has 0 aliphatic rings. The average Bonchev–Trinajstić information content (AvgIpc) is 3.04. The molecule has 4 aromatic rings. The molecule has 0 saturated carbocycles. The lowest BCUT2D eigenvalue weighted by Gasteiger charge is -2.08. The molecule has 2 aromatic carbocycles. The molecule has 29 heavy (non-hydrogen) atoms.